The van der Waals surface area contributed by atoms with Gasteiger partial charge in [-0.2, -0.15) is 8.78 Å². The lowest BCUT2D eigenvalue weighted by atomic mass is 9.96. The van der Waals surface area contributed by atoms with Crippen LogP contribution < -0.4 is 5.73 Å². The van der Waals surface area contributed by atoms with E-state index in [4.69, 9.17) is 5.73 Å². The second-order valence-electron chi connectivity index (χ2n) is 4.97. The Bertz CT molecular complexity index is 542. The highest BCUT2D eigenvalue weighted by atomic mass is 19.3. The van der Waals surface area contributed by atoms with E-state index >= 15 is 0 Å². The Kier molecular flexibility index (Phi) is 3.56. The Morgan fingerprint density at radius 3 is 1.68 bits per heavy atom. The lowest BCUT2D eigenvalue weighted by Gasteiger charge is -2.18. The van der Waals surface area contributed by atoms with Crippen LogP contribution in [0.2, 0.25) is 0 Å². The summed E-state index contributed by atoms with van der Waals surface area (Å²) in [5.41, 5.74) is 7.01. The number of nitrogens with two attached hydrogens (primary N) is 1. The molecule has 0 amide bonds. The minimum atomic E-state index is -3.00. The number of hydrogen-bond donors (Lipinski definition) is 1. The molecule has 0 aliphatic heterocycles. The van der Waals surface area contributed by atoms with Crippen LogP contribution in [0.3, 0.4) is 0 Å². The number of benzene rings is 2. The molecule has 0 spiro atoms. The molecule has 1 nitrogen and oxygen atoms in total. The quantitative estimate of drug-likeness (QED) is 0.807. The van der Waals surface area contributed by atoms with E-state index < -0.39 is 5.92 Å². The van der Waals surface area contributed by atoms with E-state index in [0.717, 1.165) is 5.56 Å². The third-order valence-corrected chi connectivity index (χ3v) is 3.21. The van der Waals surface area contributed by atoms with Crippen molar-refractivity contribution < 1.29 is 8.78 Å². The Hall–Kier alpha value is -1.90. The van der Waals surface area contributed by atoms with E-state index in [9.17, 15) is 8.78 Å². The van der Waals surface area contributed by atoms with Crippen molar-refractivity contribution in [2.45, 2.75) is 25.7 Å². The van der Waals surface area contributed by atoms with Gasteiger partial charge in [-0.25, -0.2) is 0 Å². The number of hydrogen-bond acceptors (Lipinski definition) is 1. The second-order valence-corrected chi connectivity index (χ2v) is 4.97. The minimum absolute atomic E-state index is 0.00155. The molecule has 0 saturated heterocycles. The summed E-state index contributed by atoms with van der Waals surface area (Å²) in [7, 11) is 0. The first-order valence-electron chi connectivity index (χ1n) is 6.25. The van der Waals surface area contributed by atoms with Crippen LogP contribution in [0.4, 0.5) is 14.5 Å². The molecule has 0 bridgehead atoms. The van der Waals surface area contributed by atoms with Crippen molar-refractivity contribution in [3.05, 3.63) is 65.2 Å². The maximum absolute atomic E-state index is 14.3. The van der Waals surface area contributed by atoms with E-state index in [0.29, 0.717) is 11.6 Å². The van der Waals surface area contributed by atoms with E-state index in [1.165, 1.54) is 36.4 Å². The number of anilines is 1. The van der Waals surface area contributed by atoms with E-state index in [-0.39, 0.29) is 11.1 Å². The summed E-state index contributed by atoms with van der Waals surface area (Å²) in [5.74, 6) is -2.66. The van der Waals surface area contributed by atoms with Gasteiger partial charge < -0.3 is 5.73 Å². The van der Waals surface area contributed by atoms with Gasteiger partial charge in [0, 0.05) is 16.8 Å². The summed E-state index contributed by atoms with van der Waals surface area (Å²) in [4.78, 5) is 0. The number of nitrogen functional groups attached to an aromatic ring is 1. The molecular weight excluding hydrogens is 244 g/mol. The van der Waals surface area contributed by atoms with Crippen molar-refractivity contribution >= 4 is 5.69 Å². The summed E-state index contributed by atoms with van der Waals surface area (Å²) in [5, 5.41) is 0. The minimum Gasteiger partial charge on any atom is -0.399 e. The van der Waals surface area contributed by atoms with Gasteiger partial charge in [0.2, 0.25) is 0 Å². The molecule has 0 heterocycles. The Balaban J connectivity index is 2.35. The van der Waals surface area contributed by atoms with E-state index in [1.54, 1.807) is 12.1 Å². The molecule has 3 heteroatoms. The third kappa shape index (κ3) is 2.75. The van der Waals surface area contributed by atoms with Crippen LogP contribution in [0, 0.1) is 0 Å². The first-order chi connectivity index (χ1) is 8.91. The molecule has 100 valence electrons. The molecule has 0 atom stereocenters. The molecule has 0 saturated carbocycles. The average molecular weight is 261 g/mol. The molecule has 2 N–H and O–H groups in total. The van der Waals surface area contributed by atoms with Crippen molar-refractivity contribution in [1.82, 2.24) is 0 Å². The average Bonchev–Trinajstić information content (AvgIpc) is 2.39. The van der Waals surface area contributed by atoms with Gasteiger partial charge in [-0.05, 0) is 23.6 Å². The summed E-state index contributed by atoms with van der Waals surface area (Å²) in [6.07, 6.45) is 0. The summed E-state index contributed by atoms with van der Waals surface area (Å²) < 4.78 is 28.6. The topological polar surface area (TPSA) is 26.0 Å². The highest BCUT2D eigenvalue weighted by molar-refractivity contribution is 5.43. The van der Waals surface area contributed by atoms with Crippen LogP contribution in [-0.4, -0.2) is 0 Å². The van der Waals surface area contributed by atoms with Crippen LogP contribution in [0.25, 0.3) is 0 Å². The molecule has 19 heavy (non-hydrogen) atoms. The monoisotopic (exact) mass is 261 g/mol. The summed E-state index contributed by atoms with van der Waals surface area (Å²) in [6, 6.07) is 12.2. The summed E-state index contributed by atoms with van der Waals surface area (Å²) in [6.45, 7) is 4.07. The van der Waals surface area contributed by atoms with Gasteiger partial charge in [0.05, 0.1) is 0 Å². The fourth-order valence-electron chi connectivity index (χ4n) is 1.94. The van der Waals surface area contributed by atoms with Crippen LogP contribution in [-0.2, 0) is 5.92 Å². The lowest BCUT2D eigenvalue weighted by Crippen LogP contribution is -2.15. The van der Waals surface area contributed by atoms with Gasteiger partial charge in [-0.3, -0.25) is 0 Å². The third-order valence-electron chi connectivity index (χ3n) is 3.21. The Morgan fingerprint density at radius 2 is 1.26 bits per heavy atom. The smallest absolute Gasteiger partial charge is 0.298 e. The van der Waals surface area contributed by atoms with Gasteiger partial charge in [0.25, 0.3) is 5.92 Å². The lowest BCUT2D eigenvalue weighted by molar-refractivity contribution is 0.0428. The number of alkyl halides is 2. The predicted octanol–water partition coefficient (Wildman–Crippen LogP) is 4.53. The molecule has 0 aromatic heterocycles. The highest BCUT2D eigenvalue weighted by Crippen LogP contribution is 2.36. The van der Waals surface area contributed by atoms with Crippen molar-refractivity contribution in [1.29, 1.82) is 0 Å². The largest absolute Gasteiger partial charge is 0.399 e. The molecule has 0 radical (unpaired) electrons. The summed E-state index contributed by atoms with van der Waals surface area (Å²) >= 11 is 0. The predicted molar refractivity (Wildman–Crippen MR) is 74.4 cm³/mol. The molecule has 2 aromatic carbocycles. The fourth-order valence-corrected chi connectivity index (χ4v) is 1.94. The molecule has 0 fully saturated rings. The highest BCUT2D eigenvalue weighted by Gasteiger charge is 2.33. The fraction of sp³-hybridized carbons (Fsp3) is 0.250. The zero-order chi connectivity index (χ0) is 14.0. The first kappa shape index (κ1) is 13.5. The van der Waals surface area contributed by atoms with Crippen LogP contribution >= 0.6 is 0 Å². The standard InChI is InChI=1S/C16H17F2N/c1-11(2)12-3-5-13(6-4-12)16(17,18)14-7-9-15(19)10-8-14/h3-11H,19H2,1-2H3. The molecule has 0 aliphatic carbocycles. The van der Waals surface area contributed by atoms with Gasteiger partial charge >= 0.3 is 0 Å². The zero-order valence-electron chi connectivity index (χ0n) is 11.0. The molecule has 2 aromatic rings. The SMILES string of the molecule is CC(C)c1ccc(C(F)(F)c2ccc(N)cc2)cc1. The van der Waals surface area contributed by atoms with E-state index in [1.807, 2.05) is 13.8 Å². The van der Waals surface area contributed by atoms with Crippen molar-refractivity contribution in [2.24, 2.45) is 0 Å². The zero-order valence-corrected chi connectivity index (χ0v) is 11.0. The van der Waals surface area contributed by atoms with Gasteiger partial charge in [0.1, 0.15) is 0 Å². The normalized spacial score (nSPS) is 11.8. The number of halogens is 2. The van der Waals surface area contributed by atoms with Crippen molar-refractivity contribution in [2.75, 3.05) is 5.73 Å². The molecule has 2 rings (SSSR count). The van der Waals surface area contributed by atoms with E-state index in [2.05, 4.69) is 0 Å². The second kappa shape index (κ2) is 5.00. The van der Waals surface area contributed by atoms with Crippen LogP contribution in [0.15, 0.2) is 48.5 Å². The Morgan fingerprint density at radius 1 is 0.842 bits per heavy atom. The Labute approximate surface area is 112 Å². The van der Waals surface area contributed by atoms with Crippen molar-refractivity contribution in [3.8, 4) is 0 Å². The molecular formula is C16H17F2N. The van der Waals surface area contributed by atoms with Gasteiger partial charge in [-0.15, -0.1) is 0 Å². The van der Waals surface area contributed by atoms with Crippen molar-refractivity contribution in [3.63, 3.8) is 0 Å². The van der Waals surface area contributed by atoms with Crippen LogP contribution in [0.1, 0.15) is 36.5 Å². The molecule has 0 aliphatic rings. The molecule has 0 unspecified atom stereocenters. The maximum Gasteiger partial charge on any atom is 0.298 e. The van der Waals surface area contributed by atoms with Gasteiger partial charge in [0.15, 0.2) is 0 Å². The maximum atomic E-state index is 14.3. The number of rotatable bonds is 3. The van der Waals surface area contributed by atoms with Crippen LogP contribution in [0.5, 0.6) is 0 Å². The van der Waals surface area contributed by atoms with Gasteiger partial charge in [-0.1, -0.05) is 50.2 Å². The first-order valence-corrected chi connectivity index (χ1v) is 6.25.